The van der Waals surface area contributed by atoms with Crippen LogP contribution in [0.25, 0.3) is 0 Å². The topological polar surface area (TPSA) is 75.6 Å². The van der Waals surface area contributed by atoms with Crippen LogP contribution in [0.15, 0.2) is 29.3 Å². The van der Waals surface area contributed by atoms with Gasteiger partial charge in [0.25, 0.3) is 0 Å². The zero-order chi connectivity index (χ0) is 13.7. The van der Waals surface area contributed by atoms with Crippen LogP contribution in [0, 0.1) is 5.82 Å². The quantitative estimate of drug-likeness (QED) is 0.837. The van der Waals surface area contributed by atoms with Gasteiger partial charge in [0.2, 0.25) is 0 Å². The van der Waals surface area contributed by atoms with Crippen LogP contribution in [0.2, 0.25) is 0 Å². The third kappa shape index (κ3) is 3.30. The minimum atomic E-state index is -1.36. The number of hydrogen-bond donors (Lipinski definition) is 2. The fraction of sp³-hybridized carbons (Fsp3) is 0.0909. The lowest BCUT2D eigenvalue weighted by atomic mass is 10.1. The maximum absolute atomic E-state index is 13.7. The van der Waals surface area contributed by atoms with Crippen LogP contribution in [-0.4, -0.2) is 23.8 Å². The summed E-state index contributed by atoms with van der Waals surface area (Å²) in [6.45, 7) is 3.27. The van der Waals surface area contributed by atoms with E-state index in [1.54, 1.807) is 0 Å². The van der Waals surface area contributed by atoms with Gasteiger partial charge in [-0.1, -0.05) is 12.7 Å². The largest absolute Gasteiger partial charge is 0.478 e. The number of aromatic carboxylic acids is 1. The van der Waals surface area contributed by atoms with Gasteiger partial charge in [-0.05, 0) is 28.1 Å². The molecule has 0 spiro atoms. The van der Waals surface area contributed by atoms with E-state index in [1.807, 2.05) is 5.32 Å². The minimum absolute atomic E-state index is 0.0338. The molecule has 1 aromatic rings. The minimum Gasteiger partial charge on any atom is -0.478 e. The van der Waals surface area contributed by atoms with E-state index in [-0.39, 0.29) is 16.6 Å². The molecule has 0 fully saturated rings. The molecule has 5 nitrogen and oxygen atoms in total. The van der Waals surface area contributed by atoms with E-state index in [1.165, 1.54) is 18.2 Å². The van der Waals surface area contributed by atoms with E-state index in [2.05, 4.69) is 27.2 Å². The molecule has 7 heteroatoms. The summed E-state index contributed by atoms with van der Waals surface area (Å²) in [6, 6.07) is 2.40. The Balaban J connectivity index is 3.05. The van der Waals surface area contributed by atoms with Crippen molar-refractivity contribution in [2.45, 2.75) is 0 Å². The molecule has 1 aromatic carbocycles. The Morgan fingerprint density at radius 2 is 2.22 bits per heavy atom. The van der Waals surface area contributed by atoms with Crippen molar-refractivity contribution in [3.8, 4) is 0 Å². The van der Waals surface area contributed by atoms with Gasteiger partial charge in [0, 0.05) is 0 Å². The van der Waals surface area contributed by atoms with Gasteiger partial charge >= 0.3 is 12.1 Å². The number of carboxylic acids is 1. The first kappa shape index (κ1) is 14.2. The summed E-state index contributed by atoms with van der Waals surface area (Å²) in [5.41, 5.74) is -0.822. The van der Waals surface area contributed by atoms with Gasteiger partial charge in [0.1, 0.15) is 6.61 Å². The Morgan fingerprint density at radius 3 is 2.78 bits per heavy atom. The Kier molecular flexibility index (Phi) is 4.85. The van der Waals surface area contributed by atoms with Crippen molar-refractivity contribution in [1.82, 2.24) is 0 Å². The second-order valence-electron chi connectivity index (χ2n) is 3.10. The maximum Gasteiger partial charge on any atom is 0.412 e. The van der Waals surface area contributed by atoms with Gasteiger partial charge < -0.3 is 9.84 Å². The van der Waals surface area contributed by atoms with Crippen LogP contribution in [0.5, 0.6) is 0 Å². The van der Waals surface area contributed by atoms with Crippen molar-refractivity contribution in [1.29, 1.82) is 0 Å². The molecule has 0 saturated heterocycles. The Hall–Kier alpha value is -1.89. The number of ether oxygens (including phenoxy) is 1. The lowest BCUT2D eigenvalue weighted by Gasteiger charge is -2.10. The van der Waals surface area contributed by atoms with Crippen LogP contribution in [0.3, 0.4) is 0 Å². The first-order chi connectivity index (χ1) is 8.47. The molecule has 1 amide bonds. The first-order valence-electron chi connectivity index (χ1n) is 4.73. The Bertz CT molecular complexity index is 504. The molecule has 0 atom stereocenters. The average Bonchev–Trinajstić information content (AvgIpc) is 2.32. The molecule has 0 aromatic heterocycles. The third-order valence-corrected chi connectivity index (χ3v) is 2.50. The van der Waals surface area contributed by atoms with Crippen molar-refractivity contribution in [2.75, 3.05) is 11.9 Å². The van der Waals surface area contributed by atoms with Crippen molar-refractivity contribution in [3.63, 3.8) is 0 Å². The molecule has 0 aliphatic heterocycles. The zero-order valence-electron chi connectivity index (χ0n) is 9.07. The number of rotatable bonds is 4. The lowest BCUT2D eigenvalue weighted by Crippen LogP contribution is -2.17. The molecule has 0 heterocycles. The number of amides is 1. The fourth-order valence-electron chi connectivity index (χ4n) is 1.12. The number of carbonyl (C=O) groups excluding carboxylic acids is 1. The average molecular weight is 318 g/mol. The van der Waals surface area contributed by atoms with E-state index < -0.39 is 23.6 Å². The molecular formula is C11H9BrFNO4. The smallest absolute Gasteiger partial charge is 0.412 e. The van der Waals surface area contributed by atoms with Crippen molar-refractivity contribution < 1.29 is 23.8 Å². The van der Waals surface area contributed by atoms with Crippen LogP contribution >= 0.6 is 15.9 Å². The summed E-state index contributed by atoms with van der Waals surface area (Å²) >= 11 is 2.90. The number of benzene rings is 1. The predicted molar refractivity (Wildman–Crippen MR) is 66.2 cm³/mol. The summed E-state index contributed by atoms with van der Waals surface area (Å²) in [5.74, 6) is -2.24. The molecule has 0 saturated carbocycles. The third-order valence-electron chi connectivity index (χ3n) is 1.88. The molecular weight excluding hydrogens is 309 g/mol. The summed E-state index contributed by atoms with van der Waals surface area (Å²) < 4.78 is 18.3. The van der Waals surface area contributed by atoms with Gasteiger partial charge in [0.15, 0.2) is 5.82 Å². The fourth-order valence-corrected chi connectivity index (χ4v) is 1.45. The van der Waals surface area contributed by atoms with Crippen molar-refractivity contribution in [3.05, 3.63) is 40.6 Å². The highest BCUT2D eigenvalue weighted by atomic mass is 79.9. The van der Waals surface area contributed by atoms with E-state index in [4.69, 9.17) is 5.11 Å². The molecule has 0 radical (unpaired) electrons. The monoisotopic (exact) mass is 317 g/mol. The highest BCUT2D eigenvalue weighted by Gasteiger charge is 2.19. The molecule has 96 valence electrons. The summed E-state index contributed by atoms with van der Waals surface area (Å²) in [6.07, 6.45) is 0.365. The van der Waals surface area contributed by atoms with Crippen molar-refractivity contribution in [2.24, 2.45) is 0 Å². The molecule has 18 heavy (non-hydrogen) atoms. The molecule has 0 bridgehead atoms. The van der Waals surface area contributed by atoms with E-state index in [0.717, 1.165) is 0 Å². The van der Waals surface area contributed by atoms with Crippen molar-refractivity contribution >= 4 is 33.7 Å². The van der Waals surface area contributed by atoms with Gasteiger partial charge in [-0.2, -0.15) is 0 Å². The molecule has 2 N–H and O–H groups in total. The Morgan fingerprint density at radius 1 is 1.56 bits per heavy atom. The molecule has 0 aliphatic carbocycles. The number of halogens is 2. The van der Waals surface area contributed by atoms with Gasteiger partial charge in [-0.25, -0.2) is 14.0 Å². The number of anilines is 1. The normalized spacial score (nSPS) is 9.67. The SMILES string of the molecule is C=CCOC(=O)Nc1c(C(=O)O)ccc(Br)c1F. The predicted octanol–water partition coefficient (Wildman–Crippen LogP) is 3.02. The number of nitrogens with one attached hydrogen (secondary N) is 1. The van der Waals surface area contributed by atoms with Gasteiger partial charge in [-0.3, -0.25) is 5.32 Å². The lowest BCUT2D eigenvalue weighted by molar-refractivity contribution is 0.0697. The number of carboxylic acid groups (broad SMARTS) is 1. The van der Waals surface area contributed by atoms with E-state index in [0.29, 0.717) is 0 Å². The van der Waals surface area contributed by atoms with Crippen LogP contribution < -0.4 is 5.32 Å². The summed E-state index contributed by atoms with van der Waals surface area (Å²) in [4.78, 5) is 22.1. The van der Waals surface area contributed by atoms with E-state index >= 15 is 0 Å². The second kappa shape index (κ2) is 6.15. The highest BCUT2D eigenvalue weighted by molar-refractivity contribution is 9.10. The molecule has 0 aliphatic rings. The molecule has 0 unspecified atom stereocenters. The standard InChI is InChI=1S/C11H9BrFNO4/c1-2-5-18-11(17)14-9-6(10(15)16)3-4-7(12)8(9)13/h2-4H,1,5H2,(H,14,17)(H,15,16). The Labute approximate surface area is 110 Å². The van der Waals surface area contributed by atoms with E-state index in [9.17, 15) is 14.0 Å². The molecule has 1 rings (SSSR count). The van der Waals surface area contributed by atoms with Crippen LogP contribution in [0.4, 0.5) is 14.9 Å². The van der Waals surface area contributed by atoms with Gasteiger partial charge in [-0.15, -0.1) is 0 Å². The van der Waals surface area contributed by atoms with Crippen LogP contribution in [0.1, 0.15) is 10.4 Å². The first-order valence-corrected chi connectivity index (χ1v) is 5.52. The zero-order valence-corrected chi connectivity index (χ0v) is 10.7. The summed E-state index contributed by atoms with van der Waals surface area (Å²) in [7, 11) is 0. The highest BCUT2D eigenvalue weighted by Crippen LogP contribution is 2.27. The second-order valence-corrected chi connectivity index (χ2v) is 3.96. The van der Waals surface area contributed by atoms with Crippen LogP contribution in [-0.2, 0) is 4.74 Å². The number of carbonyl (C=O) groups is 2. The maximum atomic E-state index is 13.7. The number of hydrogen-bond acceptors (Lipinski definition) is 3. The summed E-state index contributed by atoms with van der Waals surface area (Å²) in [5, 5.41) is 10.9. The van der Waals surface area contributed by atoms with Gasteiger partial charge in [0.05, 0.1) is 15.7 Å².